The minimum atomic E-state index is 0.266. The summed E-state index contributed by atoms with van der Waals surface area (Å²) in [5.74, 6) is 1.23. The van der Waals surface area contributed by atoms with Crippen molar-refractivity contribution in [2.24, 2.45) is 0 Å². The Morgan fingerprint density at radius 2 is 2.12 bits per heavy atom. The van der Waals surface area contributed by atoms with Crippen LogP contribution in [-0.4, -0.2) is 10.2 Å². The van der Waals surface area contributed by atoms with Gasteiger partial charge in [0.05, 0.1) is 6.54 Å². The van der Waals surface area contributed by atoms with E-state index in [9.17, 15) is 0 Å². The third-order valence-electron chi connectivity index (χ3n) is 2.67. The zero-order chi connectivity index (χ0) is 12.3. The molecular formula is C13H17N3O. The second kappa shape index (κ2) is 5.10. The summed E-state index contributed by atoms with van der Waals surface area (Å²) in [6, 6.07) is 8.72. The Hall–Kier alpha value is -1.68. The second-order valence-corrected chi connectivity index (χ2v) is 4.23. The molecule has 4 nitrogen and oxygen atoms in total. The molecule has 0 bridgehead atoms. The van der Waals surface area contributed by atoms with Crippen molar-refractivity contribution in [1.82, 2.24) is 15.5 Å². The zero-order valence-corrected chi connectivity index (χ0v) is 10.4. The quantitative estimate of drug-likeness (QED) is 0.878. The molecule has 0 saturated heterocycles. The fourth-order valence-corrected chi connectivity index (χ4v) is 1.71. The van der Waals surface area contributed by atoms with Gasteiger partial charge in [-0.1, -0.05) is 29.8 Å². The van der Waals surface area contributed by atoms with E-state index < -0.39 is 0 Å². The van der Waals surface area contributed by atoms with E-state index in [0.29, 0.717) is 18.3 Å². The average molecular weight is 231 g/mol. The Morgan fingerprint density at radius 3 is 2.76 bits per heavy atom. The van der Waals surface area contributed by atoms with E-state index in [1.54, 1.807) is 6.92 Å². The lowest BCUT2D eigenvalue weighted by molar-refractivity contribution is 0.430. The monoisotopic (exact) mass is 231 g/mol. The molecule has 0 radical (unpaired) electrons. The van der Waals surface area contributed by atoms with Crippen molar-refractivity contribution in [2.75, 3.05) is 0 Å². The molecule has 0 aliphatic rings. The average Bonchev–Trinajstić information content (AvgIpc) is 2.72. The van der Waals surface area contributed by atoms with Crippen LogP contribution in [0.25, 0.3) is 0 Å². The van der Waals surface area contributed by atoms with Crippen molar-refractivity contribution < 1.29 is 4.42 Å². The molecule has 0 spiro atoms. The summed E-state index contributed by atoms with van der Waals surface area (Å²) in [6.07, 6.45) is 0. The molecule has 1 aromatic heterocycles. The Balaban J connectivity index is 1.95. The predicted molar refractivity (Wildman–Crippen MR) is 65.5 cm³/mol. The van der Waals surface area contributed by atoms with Gasteiger partial charge in [0.15, 0.2) is 0 Å². The second-order valence-electron chi connectivity index (χ2n) is 4.23. The standard InChI is InChI=1S/C13H17N3O/c1-9-5-4-6-12(7-9)10(2)14-8-13-16-15-11(3)17-13/h4-7,10,14H,8H2,1-3H3/t10-/m1/s1. The van der Waals surface area contributed by atoms with Crippen LogP contribution in [0.5, 0.6) is 0 Å². The molecule has 0 unspecified atom stereocenters. The SMILES string of the molecule is Cc1cccc([C@@H](C)NCc2nnc(C)o2)c1. The van der Waals surface area contributed by atoms with Crippen molar-refractivity contribution in [3.63, 3.8) is 0 Å². The minimum Gasteiger partial charge on any atom is -0.424 e. The summed E-state index contributed by atoms with van der Waals surface area (Å²) in [6.45, 7) is 6.60. The molecule has 1 aromatic carbocycles. The van der Waals surface area contributed by atoms with Gasteiger partial charge < -0.3 is 9.73 Å². The summed E-state index contributed by atoms with van der Waals surface area (Å²) >= 11 is 0. The van der Waals surface area contributed by atoms with Crippen molar-refractivity contribution in [3.05, 3.63) is 47.2 Å². The fourth-order valence-electron chi connectivity index (χ4n) is 1.71. The van der Waals surface area contributed by atoms with E-state index >= 15 is 0 Å². The first-order valence-electron chi connectivity index (χ1n) is 5.74. The van der Waals surface area contributed by atoms with E-state index in [1.165, 1.54) is 11.1 Å². The third-order valence-corrected chi connectivity index (χ3v) is 2.67. The predicted octanol–water partition coefficient (Wildman–Crippen LogP) is 2.54. The van der Waals surface area contributed by atoms with E-state index in [2.05, 4.69) is 53.6 Å². The van der Waals surface area contributed by atoms with Crippen LogP contribution in [0, 0.1) is 13.8 Å². The molecule has 0 fully saturated rings. The van der Waals surface area contributed by atoms with Crippen molar-refractivity contribution in [3.8, 4) is 0 Å². The van der Waals surface area contributed by atoms with Crippen LogP contribution < -0.4 is 5.32 Å². The first kappa shape index (κ1) is 11.8. The summed E-state index contributed by atoms with van der Waals surface area (Å²) in [7, 11) is 0. The van der Waals surface area contributed by atoms with Gasteiger partial charge in [0.25, 0.3) is 0 Å². The van der Waals surface area contributed by atoms with Crippen molar-refractivity contribution in [1.29, 1.82) is 0 Å². The van der Waals surface area contributed by atoms with Crippen LogP contribution in [0.2, 0.25) is 0 Å². The smallest absolute Gasteiger partial charge is 0.230 e. The van der Waals surface area contributed by atoms with Crippen LogP contribution in [0.1, 0.15) is 35.9 Å². The minimum absolute atomic E-state index is 0.266. The number of rotatable bonds is 4. The highest BCUT2D eigenvalue weighted by Crippen LogP contribution is 2.14. The normalized spacial score (nSPS) is 12.6. The lowest BCUT2D eigenvalue weighted by Crippen LogP contribution is -2.18. The number of hydrogen-bond donors (Lipinski definition) is 1. The molecule has 2 aromatic rings. The van der Waals surface area contributed by atoms with Gasteiger partial charge in [-0.3, -0.25) is 0 Å². The molecular weight excluding hydrogens is 214 g/mol. The van der Waals surface area contributed by atoms with Gasteiger partial charge in [0, 0.05) is 13.0 Å². The molecule has 0 aliphatic carbocycles. The first-order valence-corrected chi connectivity index (χ1v) is 5.74. The maximum Gasteiger partial charge on any atom is 0.230 e. The molecule has 0 aliphatic heterocycles. The highest BCUT2D eigenvalue weighted by Gasteiger charge is 2.07. The molecule has 0 saturated carbocycles. The highest BCUT2D eigenvalue weighted by atomic mass is 16.4. The van der Waals surface area contributed by atoms with Gasteiger partial charge >= 0.3 is 0 Å². The first-order chi connectivity index (χ1) is 8.15. The van der Waals surface area contributed by atoms with Gasteiger partial charge in [0.1, 0.15) is 0 Å². The molecule has 1 N–H and O–H groups in total. The zero-order valence-electron chi connectivity index (χ0n) is 10.4. The summed E-state index contributed by atoms with van der Waals surface area (Å²) in [4.78, 5) is 0. The Morgan fingerprint density at radius 1 is 1.29 bits per heavy atom. The molecule has 2 rings (SSSR count). The molecule has 4 heteroatoms. The van der Waals surface area contributed by atoms with Crippen LogP contribution in [0.15, 0.2) is 28.7 Å². The van der Waals surface area contributed by atoms with Gasteiger partial charge in [-0.2, -0.15) is 0 Å². The van der Waals surface area contributed by atoms with Crippen LogP contribution >= 0.6 is 0 Å². The van der Waals surface area contributed by atoms with Gasteiger partial charge in [-0.05, 0) is 19.4 Å². The molecule has 90 valence electrons. The summed E-state index contributed by atoms with van der Waals surface area (Å²) in [5, 5.41) is 11.1. The van der Waals surface area contributed by atoms with E-state index in [-0.39, 0.29) is 6.04 Å². The van der Waals surface area contributed by atoms with Gasteiger partial charge in [-0.25, -0.2) is 0 Å². The molecule has 1 atom stereocenters. The van der Waals surface area contributed by atoms with Crippen LogP contribution in [0.3, 0.4) is 0 Å². The maximum atomic E-state index is 5.31. The lowest BCUT2D eigenvalue weighted by Gasteiger charge is -2.13. The van der Waals surface area contributed by atoms with Gasteiger partial charge in [0.2, 0.25) is 11.8 Å². The number of hydrogen-bond acceptors (Lipinski definition) is 4. The fraction of sp³-hybridized carbons (Fsp3) is 0.385. The van der Waals surface area contributed by atoms with Crippen molar-refractivity contribution in [2.45, 2.75) is 33.4 Å². The molecule has 17 heavy (non-hydrogen) atoms. The Kier molecular flexibility index (Phi) is 3.54. The highest BCUT2D eigenvalue weighted by molar-refractivity contribution is 5.24. The van der Waals surface area contributed by atoms with E-state index in [1.807, 2.05) is 0 Å². The van der Waals surface area contributed by atoms with Crippen LogP contribution in [-0.2, 0) is 6.54 Å². The number of nitrogens with zero attached hydrogens (tertiary/aromatic N) is 2. The molecule has 1 heterocycles. The summed E-state index contributed by atoms with van der Waals surface area (Å²) < 4.78 is 5.31. The topological polar surface area (TPSA) is 51.0 Å². The summed E-state index contributed by atoms with van der Waals surface area (Å²) in [5.41, 5.74) is 2.53. The number of benzene rings is 1. The third kappa shape index (κ3) is 3.14. The Bertz CT molecular complexity index is 493. The van der Waals surface area contributed by atoms with E-state index in [0.717, 1.165) is 0 Å². The van der Waals surface area contributed by atoms with Crippen LogP contribution in [0.4, 0.5) is 0 Å². The largest absolute Gasteiger partial charge is 0.424 e. The Labute approximate surface area is 101 Å². The van der Waals surface area contributed by atoms with E-state index in [4.69, 9.17) is 4.42 Å². The molecule has 0 amide bonds. The van der Waals surface area contributed by atoms with Crippen molar-refractivity contribution >= 4 is 0 Å². The number of aryl methyl sites for hydroxylation is 2. The lowest BCUT2D eigenvalue weighted by atomic mass is 10.1. The number of nitrogens with one attached hydrogen (secondary N) is 1. The number of aromatic nitrogens is 2. The van der Waals surface area contributed by atoms with Gasteiger partial charge in [-0.15, -0.1) is 10.2 Å². The maximum absolute atomic E-state index is 5.31.